The van der Waals surface area contributed by atoms with E-state index in [0.717, 1.165) is 11.1 Å². The molecule has 7 heteroatoms. The number of aliphatic hydroxyl groups excluding tert-OH is 1. The lowest BCUT2D eigenvalue weighted by molar-refractivity contribution is -0.281. The molecule has 3 rings (SSSR count). The molecule has 7 nitrogen and oxygen atoms in total. The summed E-state index contributed by atoms with van der Waals surface area (Å²) in [5.74, 6) is -0.273. The van der Waals surface area contributed by atoms with Crippen molar-refractivity contribution >= 4 is 5.91 Å². The first-order chi connectivity index (χ1) is 15.6. The maximum Gasteiger partial charge on any atom is 0.217 e. The Morgan fingerprint density at radius 2 is 1.69 bits per heavy atom. The lowest BCUT2D eigenvalue weighted by atomic mass is 9.96. The molecule has 1 fully saturated rings. The van der Waals surface area contributed by atoms with Crippen molar-refractivity contribution in [3.63, 3.8) is 0 Å². The number of carbonyl (C=O) groups is 1. The SMILES string of the molecule is C=CCO[C@@H]1[C@H](NC(C)=O)[C@@H](OCc2ccccc2)OC(COCc2ccccc2)[C@H]1O. The average Bonchev–Trinajstić information content (AvgIpc) is 2.80. The Hall–Kier alpha value is -2.55. The fraction of sp³-hybridized carbons (Fsp3) is 0.400. The van der Waals surface area contributed by atoms with Crippen LogP contribution in [-0.2, 0) is 37.0 Å². The molecule has 0 saturated carbocycles. The number of ether oxygens (including phenoxy) is 4. The van der Waals surface area contributed by atoms with Gasteiger partial charge in [-0.25, -0.2) is 0 Å². The summed E-state index contributed by atoms with van der Waals surface area (Å²) in [6.07, 6.45) is -1.72. The second-order valence-electron chi connectivity index (χ2n) is 7.64. The van der Waals surface area contributed by atoms with Gasteiger partial charge in [-0.2, -0.15) is 0 Å². The van der Waals surface area contributed by atoms with Gasteiger partial charge in [0.1, 0.15) is 24.4 Å². The smallest absolute Gasteiger partial charge is 0.217 e. The number of benzene rings is 2. The van der Waals surface area contributed by atoms with Gasteiger partial charge < -0.3 is 29.4 Å². The third kappa shape index (κ3) is 6.98. The summed E-state index contributed by atoms with van der Waals surface area (Å²) < 4.78 is 23.7. The van der Waals surface area contributed by atoms with Gasteiger partial charge in [-0.05, 0) is 11.1 Å². The minimum atomic E-state index is -1.03. The van der Waals surface area contributed by atoms with Crippen LogP contribution >= 0.6 is 0 Å². The Morgan fingerprint density at radius 1 is 1.06 bits per heavy atom. The van der Waals surface area contributed by atoms with Crippen LogP contribution in [0.15, 0.2) is 73.3 Å². The predicted octanol–water partition coefficient (Wildman–Crippen LogP) is 2.58. The molecule has 2 N–H and O–H groups in total. The van der Waals surface area contributed by atoms with Gasteiger partial charge in [-0.1, -0.05) is 66.7 Å². The normalized spacial score (nSPS) is 25.2. The summed E-state index contributed by atoms with van der Waals surface area (Å²) in [4.78, 5) is 11.9. The number of carbonyl (C=O) groups excluding carboxylic acids is 1. The quantitative estimate of drug-likeness (QED) is 0.522. The Morgan fingerprint density at radius 3 is 2.28 bits per heavy atom. The van der Waals surface area contributed by atoms with E-state index in [9.17, 15) is 9.90 Å². The van der Waals surface area contributed by atoms with Crippen molar-refractivity contribution in [3.05, 3.63) is 84.4 Å². The van der Waals surface area contributed by atoms with Crippen LogP contribution in [0.2, 0.25) is 0 Å². The second kappa shape index (κ2) is 12.5. The van der Waals surface area contributed by atoms with Crippen LogP contribution in [-0.4, -0.2) is 54.9 Å². The summed E-state index contributed by atoms with van der Waals surface area (Å²) in [5, 5.41) is 13.8. The van der Waals surface area contributed by atoms with Gasteiger partial charge in [0.15, 0.2) is 6.29 Å². The summed E-state index contributed by atoms with van der Waals surface area (Å²) >= 11 is 0. The summed E-state index contributed by atoms with van der Waals surface area (Å²) in [5.41, 5.74) is 1.98. The number of hydrogen-bond donors (Lipinski definition) is 2. The molecule has 0 bridgehead atoms. The highest BCUT2D eigenvalue weighted by molar-refractivity contribution is 5.73. The first-order valence-electron chi connectivity index (χ1n) is 10.7. The fourth-order valence-corrected chi connectivity index (χ4v) is 3.58. The molecule has 2 aromatic carbocycles. The van der Waals surface area contributed by atoms with E-state index in [4.69, 9.17) is 18.9 Å². The first kappa shape index (κ1) is 24.1. The Labute approximate surface area is 188 Å². The van der Waals surface area contributed by atoms with E-state index >= 15 is 0 Å². The van der Waals surface area contributed by atoms with Gasteiger partial charge in [0.2, 0.25) is 5.91 Å². The number of amides is 1. The number of hydrogen-bond acceptors (Lipinski definition) is 6. The maximum absolute atomic E-state index is 11.9. The van der Waals surface area contributed by atoms with Crippen LogP contribution < -0.4 is 5.32 Å². The molecule has 1 saturated heterocycles. The van der Waals surface area contributed by atoms with Crippen LogP contribution in [0.1, 0.15) is 18.1 Å². The first-order valence-corrected chi connectivity index (χ1v) is 10.7. The van der Waals surface area contributed by atoms with Gasteiger partial charge in [0, 0.05) is 6.92 Å². The van der Waals surface area contributed by atoms with Gasteiger partial charge in [0.25, 0.3) is 0 Å². The second-order valence-corrected chi connectivity index (χ2v) is 7.64. The molecule has 1 heterocycles. The standard InChI is InChI=1S/C25H31NO6/c1-3-14-30-24-22(26-18(2)27)25(31-16-20-12-8-5-9-13-20)32-21(23(24)28)17-29-15-19-10-6-4-7-11-19/h3-13,21-25,28H,1,14-17H2,2H3,(H,26,27)/t21?,22-,23+,24+,25-/m0/s1. The maximum atomic E-state index is 11.9. The molecule has 1 aliphatic heterocycles. The molecule has 2 aromatic rings. The highest BCUT2D eigenvalue weighted by Gasteiger charge is 2.47. The monoisotopic (exact) mass is 441 g/mol. The fourth-order valence-electron chi connectivity index (χ4n) is 3.58. The molecule has 1 aliphatic rings. The lowest BCUT2D eigenvalue weighted by Gasteiger charge is -2.44. The highest BCUT2D eigenvalue weighted by atomic mass is 16.7. The van der Waals surface area contributed by atoms with E-state index in [2.05, 4.69) is 11.9 Å². The molecule has 0 spiro atoms. The van der Waals surface area contributed by atoms with Gasteiger partial charge in [0.05, 0.1) is 26.4 Å². The number of rotatable bonds is 11. The lowest BCUT2D eigenvalue weighted by Crippen LogP contribution is -2.65. The van der Waals surface area contributed by atoms with Crippen molar-refractivity contribution in [1.82, 2.24) is 5.32 Å². The minimum Gasteiger partial charge on any atom is -0.388 e. The molecule has 1 unspecified atom stereocenters. The molecule has 0 aliphatic carbocycles. The summed E-state index contributed by atoms with van der Waals surface area (Å²) in [6, 6.07) is 18.7. The summed E-state index contributed by atoms with van der Waals surface area (Å²) in [6.45, 7) is 6.09. The Bertz CT molecular complexity index is 831. The van der Waals surface area contributed by atoms with E-state index in [-0.39, 0.29) is 25.7 Å². The largest absolute Gasteiger partial charge is 0.388 e. The van der Waals surface area contributed by atoms with E-state index in [1.54, 1.807) is 6.08 Å². The molecular weight excluding hydrogens is 410 g/mol. The van der Waals surface area contributed by atoms with Crippen LogP contribution in [0.4, 0.5) is 0 Å². The van der Waals surface area contributed by atoms with Crippen LogP contribution in [0, 0.1) is 0 Å². The average molecular weight is 442 g/mol. The third-order valence-electron chi connectivity index (χ3n) is 5.10. The van der Waals surface area contributed by atoms with E-state index in [1.165, 1.54) is 6.92 Å². The molecule has 172 valence electrons. The van der Waals surface area contributed by atoms with Crippen molar-refractivity contribution in [3.8, 4) is 0 Å². The van der Waals surface area contributed by atoms with Crippen molar-refractivity contribution in [2.24, 2.45) is 0 Å². The number of aliphatic hydroxyl groups is 1. The predicted molar refractivity (Wildman–Crippen MR) is 120 cm³/mol. The van der Waals surface area contributed by atoms with Crippen LogP contribution in [0.3, 0.4) is 0 Å². The zero-order chi connectivity index (χ0) is 22.8. The van der Waals surface area contributed by atoms with Crippen LogP contribution in [0.5, 0.6) is 0 Å². The zero-order valence-corrected chi connectivity index (χ0v) is 18.3. The molecule has 1 amide bonds. The van der Waals surface area contributed by atoms with Gasteiger partial charge in [-0.3, -0.25) is 4.79 Å². The van der Waals surface area contributed by atoms with Crippen LogP contribution in [0.25, 0.3) is 0 Å². The molecule has 0 radical (unpaired) electrons. The van der Waals surface area contributed by atoms with E-state index in [0.29, 0.717) is 6.61 Å². The highest BCUT2D eigenvalue weighted by Crippen LogP contribution is 2.26. The Balaban J connectivity index is 1.71. The van der Waals surface area contributed by atoms with Gasteiger partial charge in [-0.15, -0.1) is 6.58 Å². The molecule has 0 aromatic heterocycles. The number of nitrogens with one attached hydrogen (secondary N) is 1. The zero-order valence-electron chi connectivity index (χ0n) is 18.3. The minimum absolute atomic E-state index is 0.141. The van der Waals surface area contributed by atoms with Crippen molar-refractivity contribution in [2.75, 3.05) is 13.2 Å². The molecule has 5 atom stereocenters. The van der Waals surface area contributed by atoms with Crippen molar-refractivity contribution in [2.45, 2.75) is 50.8 Å². The summed E-state index contributed by atoms with van der Waals surface area (Å²) in [7, 11) is 0. The van der Waals surface area contributed by atoms with E-state index in [1.807, 2.05) is 60.7 Å². The molecular formula is C25H31NO6. The third-order valence-corrected chi connectivity index (χ3v) is 5.10. The molecule has 32 heavy (non-hydrogen) atoms. The van der Waals surface area contributed by atoms with Crippen molar-refractivity contribution in [1.29, 1.82) is 0 Å². The topological polar surface area (TPSA) is 86.3 Å². The van der Waals surface area contributed by atoms with E-state index < -0.39 is 30.6 Å². The van der Waals surface area contributed by atoms with Crippen molar-refractivity contribution < 1.29 is 28.8 Å². The van der Waals surface area contributed by atoms with Gasteiger partial charge >= 0.3 is 0 Å². The Kier molecular flexibility index (Phi) is 9.40.